The summed E-state index contributed by atoms with van der Waals surface area (Å²) >= 11 is 5.80. The van der Waals surface area contributed by atoms with Gasteiger partial charge in [0, 0.05) is 0 Å². The van der Waals surface area contributed by atoms with Crippen molar-refractivity contribution in [2.45, 2.75) is 0 Å². The molecule has 2 aromatic heterocycles. The van der Waals surface area contributed by atoms with Crippen molar-refractivity contribution in [3.8, 4) is 0 Å². The highest BCUT2D eigenvalue weighted by Gasteiger charge is 2.03. The van der Waals surface area contributed by atoms with Gasteiger partial charge in [0.05, 0.1) is 11.9 Å². The van der Waals surface area contributed by atoms with Crippen molar-refractivity contribution in [1.29, 1.82) is 0 Å². The summed E-state index contributed by atoms with van der Waals surface area (Å²) in [4.78, 5) is 14.6. The first-order valence-corrected chi connectivity index (χ1v) is 3.78. The van der Waals surface area contributed by atoms with Gasteiger partial charge in [0.25, 0.3) is 0 Å². The smallest absolute Gasteiger partial charge is 0.166 e. The lowest BCUT2D eigenvalue weighted by molar-refractivity contribution is 0.111. The highest BCUT2D eigenvalue weighted by atomic mass is 35.5. The number of pyridine rings is 1. The Morgan fingerprint density at radius 3 is 3.08 bits per heavy atom. The molecule has 12 heavy (non-hydrogen) atoms. The molecule has 60 valence electrons. The fraction of sp³-hybridized carbons (Fsp3) is 0. The molecule has 4 heteroatoms. The highest BCUT2D eigenvalue weighted by molar-refractivity contribution is 6.29. The molecule has 0 atom stereocenters. The van der Waals surface area contributed by atoms with Crippen LogP contribution in [0, 0.1) is 0 Å². The van der Waals surface area contributed by atoms with Crippen molar-refractivity contribution in [2.24, 2.45) is 0 Å². The molecule has 0 N–H and O–H groups in total. The number of nitrogens with zero attached hydrogens (tertiary/aromatic N) is 2. The van der Waals surface area contributed by atoms with Gasteiger partial charge in [-0.05, 0) is 12.1 Å². The standard InChI is InChI=1S/C8H5ClN2O/c9-7-4-10-8-3-1-2-6(5-12)11(7)8/h1-5H. The lowest BCUT2D eigenvalue weighted by Crippen LogP contribution is -1.93. The number of halogens is 1. The minimum Gasteiger partial charge on any atom is -0.296 e. The summed E-state index contributed by atoms with van der Waals surface area (Å²) in [6, 6.07) is 5.24. The third kappa shape index (κ3) is 0.905. The Morgan fingerprint density at radius 1 is 1.50 bits per heavy atom. The van der Waals surface area contributed by atoms with E-state index >= 15 is 0 Å². The lowest BCUT2D eigenvalue weighted by Gasteiger charge is -1.97. The molecule has 0 aromatic carbocycles. The van der Waals surface area contributed by atoms with Gasteiger partial charge in [-0.25, -0.2) is 4.98 Å². The second-order valence-electron chi connectivity index (χ2n) is 2.34. The maximum Gasteiger partial charge on any atom is 0.166 e. The van der Waals surface area contributed by atoms with E-state index < -0.39 is 0 Å². The van der Waals surface area contributed by atoms with Gasteiger partial charge in [0.1, 0.15) is 10.8 Å². The molecule has 0 saturated carbocycles. The Hall–Kier alpha value is -1.35. The number of hydrogen-bond donors (Lipinski definition) is 0. The Morgan fingerprint density at radius 2 is 2.33 bits per heavy atom. The monoisotopic (exact) mass is 180 g/mol. The van der Waals surface area contributed by atoms with Gasteiger partial charge in [0.15, 0.2) is 6.29 Å². The molecule has 0 aliphatic heterocycles. The molecule has 0 fully saturated rings. The molecular weight excluding hydrogens is 176 g/mol. The van der Waals surface area contributed by atoms with Crippen molar-refractivity contribution in [3.63, 3.8) is 0 Å². The number of carbonyl (C=O) groups is 1. The number of carbonyl (C=O) groups excluding carboxylic acids is 1. The molecule has 0 radical (unpaired) electrons. The summed E-state index contributed by atoms with van der Waals surface area (Å²) in [5.41, 5.74) is 1.19. The van der Waals surface area contributed by atoms with Crippen LogP contribution in [-0.2, 0) is 0 Å². The first kappa shape index (κ1) is 7.31. The third-order valence-corrected chi connectivity index (χ3v) is 1.90. The molecule has 0 bridgehead atoms. The average Bonchev–Trinajstić information content (AvgIpc) is 2.48. The van der Waals surface area contributed by atoms with E-state index in [1.165, 1.54) is 6.20 Å². The van der Waals surface area contributed by atoms with Gasteiger partial charge in [-0.3, -0.25) is 9.20 Å². The van der Waals surface area contributed by atoms with Crippen LogP contribution in [0.3, 0.4) is 0 Å². The van der Waals surface area contributed by atoms with Gasteiger partial charge in [0.2, 0.25) is 0 Å². The predicted octanol–water partition coefficient (Wildman–Crippen LogP) is 1.80. The Kier molecular flexibility index (Phi) is 1.59. The first-order valence-electron chi connectivity index (χ1n) is 3.40. The van der Waals surface area contributed by atoms with Crippen molar-refractivity contribution >= 4 is 23.5 Å². The molecule has 0 saturated heterocycles. The molecule has 0 spiro atoms. The summed E-state index contributed by atoms with van der Waals surface area (Å²) in [5, 5.41) is 0.452. The zero-order chi connectivity index (χ0) is 8.55. The van der Waals surface area contributed by atoms with Crippen LogP contribution in [0.5, 0.6) is 0 Å². The van der Waals surface area contributed by atoms with Crippen molar-refractivity contribution in [3.05, 3.63) is 35.2 Å². The van der Waals surface area contributed by atoms with Gasteiger partial charge in [-0.15, -0.1) is 0 Å². The van der Waals surface area contributed by atoms with E-state index in [2.05, 4.69) is 4.98 Å². The predicted molar refractivity (Wildman–Crippen MR) is 45.6 cm³/mol. The zero-order valence-corrected chi connectivity index (χ0v) is 6.82. The molecule has 0 aliphatic carbocycles. The van der Waals surface area contributed by atoms with Gasteiger partial charge >= 0.3 is 0 Å². The van der Waals surface area contributed by atoms with E-state index in [9.17, 15) is 4.79 Å². The first-order chi connectivity index (χ1) is 5.83. The second kappa shape index (κ2) is 2.60. The summed E-state index contributed by atoms with van der Waals surface area (Å²) < 4.78 is 1.59. The quantitative estimate of drug-likeness (QED) is 0.628. The third-order valence-electron chi connectivity index (χ3n) is 1.64. The fourth-order valence-corrected chi connectivity index (χ4v) is 1.35. The van der Waals surface area contributed by atoms with Crippen LogP contribution in [0.1, 0.15) is 10.5 Å². The molecule has 0 unspecified atom stereocenters. The largest absolute Gasteiger partial charge is 0.296 e. The number of hydrogen-bond acceptors (Lipinski definition) is 2. The van der Waals surface area contributed by atoms with E-state index in [1.807, 2.05) is 0 Å². The number of rotatable bonds is 1. The summed E-state index contributed by atoms with van der Waals surface area (Å²) in [6.07, 6.45) is 2.27. The van der Waals surface area contributed by atoms with E-state index in [-0.39, 0.29) is 0 Å². The summed E-state index contributed by atoms with van der Waals surface area (Å²) in [5.74, 6) is 0. The van der Waals surface area contributed by atoms with E-state index in [1.54, 1.807) is 22.6 Å². The number of imidazole rings is 1. The number of fused-ring (bicyclic) bond motifs is 1. The van der Waals surface area contributed by atoms with Crippen molar-refractivity contribution < 1.29 is 4.79 Å². The van der Waals surface area contributed by atoms with Crippen molar-refractivity contribution in [2.75, 3.05) is 0 Å². The fourth-order valence-electron chi connectivity index (χ4n) is 1.12. The number of aromatic nitrogens is 2. The van der Waals surface area contributed by atoms with Gasteiger partial charge < -0.3 is 0 Å². The van der Waals surface area contributed by atoms with Crippen LogP contribution >= 0.6 is 11.6 Å². The van der Waals surface area contributed by atoms with Crippen LogP contribution in [0.4, 0.5) is 0 Å². The van der Waals surface area contributed by atoms with Crippen LogP contribution in [0.25, 0.3) is 5.65 Å². The Balaban J connectivity index is 2.93. The average molecular weight is 181 g/mol. The zero-order valence-electron chi connectivity index (χ0n) is 6.07. The Bertz CT molecular complexity index is 436. The second-order valence-corrected chi connectivity index (χ2v) is 2.73. The van der Waals surface area contributed by atoms with Gasteiger partial charge in [-0.1, -0.05) is 17.7 Å². The summed E-state index contributed by atoms with van der Waals surface area (Å²) in [7, 11) is 0. The number of aldehydes is 1. The maximum atomic E-state index is 10.6. The van der Waals surface area contributed by atoms with E-state index in [0.29, 0.717) is 16.5 Å². The topological polar surface area (TPSA) is 34.4 Å². The molecule has 0 amide bonds. The van der Waals surface area contributed by atoms with Crippen LogP contribution < -0.4 is 0 Å². The molecular formula is C8H5ClN2O. The van der Waals surface area contributed by atoms with Crippen LogP contribution in [-0.4, -0.2) is 15.7 Å². The summed E-state index contributed by atoms with van der Waals surface area (Å²) in [6.45, 7) is 0. The van der Waals surface area contributed by atoms with Crippen LogP contribution in [0.15, 0.2) is 24.4 Å². The normalized spacial score (nSPS) is 10.4. The molecule has 2 heterocycles. The maximum absolute atomic E-state index is 10.6. The van der Waals surface area contributed by atoms with Gasteiger partial charge in [-0.2, -0.15) is 0 Å². The van der Waals surface area contributed by atoms with Crippen molar-refractivity contribution in [1.82, 2.24) is 9.38 Å². The SMILES string of the molecule is O=Cc1cccc2ncc(Cl)n12. The molecule has 2 rings (SSSR count). The minimum absolute atomic E-state index is 0.452. The highest BCUT2D eigenvalue weighted by Crippen LogP contribution is 2.13. The molecule has 2 aromatic rings. The van der Waals surface area contributed by atoms with Crippen LogP contribution in [0.2, 0.25) is 5.15 Å². The van der Waals surface area contributed by atoms with E-state index in [4.69, 9.17) is 11.6 Å². The van der Waals surface area contributed by atoms with E-state index in [0.717, 1.165) is 6.29 Å². The molecule has 3 nitrogen and oxygen atoms in total. The minimum atomic E-state index is 0.452. The Labute approximate surface area is 73.6 Å². The molecule has 0 aliphatic rings. The lowest BCUT2D eigenvalue weighted by atomic mass is 10.4.